The first-order chi connectivity index (χ1) is 6.02. The molecule has 1 fully saturated rings. The summed E-state index contributed by atoms with van der Waals surface area (Å²) < 4.78 is 5.36. The third-order valence-corrected chi connectivity index (χ3v) is 2.42. The van der Waals surface area contributed by atoms with Crippen molar-refractivity contribution in [2.45, 2.75) is 51.2 Å². The maximum Gasteiger partial charge on any atom is 0.133 e. The van der Waals surface area contributed by atoms with Crippen molar-refractivity contribution in [2.75, 3.05) is 6.61 Å². The third-order valence-electron chi connectivity index (χ3n) is 2.42. The van der Waals surface area contributed by atoms with Crippen molar-refractivity contribution in [3.05, 3.63) is 0 Å². The van der Waals surface area contributed by atoms with E-state index in [-0.39, 0.29) is 11.9 Å². The number of carbonyl (C=O) groups excluding carboxylic acids is 1. The van der Waals surface area contributed by atoms with Gasteiger partial charge >= 0.3 is 0 Å². The molecule has 0 bridgehead atoms. The van der Waals surface area contributed by atoms with Crippen molar-refractivity contribution in [1.29, 1.82) is 0 Å². The third kappa shape index (κ3) is 3.44. The molecule has 0 heterocycles. The van der Waals surface area contributed by atoms with E-state index in [4.69, 9.17) is 4.74 Å². The molecule has 13 heavy (non-hydrogen) atoms. The maximum atomic E-state index is 10.9. The van der Waals surface area contributed by atoms with Crippen LogP contribution in [0.15, 0.2) is 0 Å². The molecule has 1 saturated carbocycles. The zero-order valence-corrected chi connectivity index (χ0v) is 8.38. The summed E-state index contributed by atoms with van der Waals surface area (Å²) in [6.45, 7) is 4.24. The highest BCUT2D eigenvalue weighted by Crippen LogP contribution is 2.26. The molecule has 0 atom stereocenters. The van der Waals surface area contributed by atoms with E-state index in [1.165, 1.54) is 0 Å². The van der Waals surface area contributed by atoms with Crippen molar-refractivity contribution in [2.24, 2.45) is 0 Å². The first kappa shape index (κ1) is 10.7. The second kappa shape index (κ2) is 4.20. The highest BCUT2D eigenvalue weighted by molar-refractivity contribution is 5.79. The minimum absolute atomic E-state index is 0.140. The molecule has 0 aromatic carbocycles. The van der Waals surface area contributed by atoms with Crippen LogP contribution < -0.4 is 0 Å². The van der Waals surface area contributed by atoms with Gasteiger partial charge in [0.25, 0.3) is 0 Å². The monoisotopic (exact) mass is 186 g/mol. The normalized spacial score (nSPS) is 22.3. The highest BCUT2D eigenvalue weighted by atomic mass is 16.5. The molecule has 0 unspecified atom stereocenters. The predicted octanol–water partition coefficient (Wildman–Crippen LogP) is 1.29. The topological polar surface area (TPSA) is 46.5 Å². The molecule has 3 nitrogen and oxygen atoms in total. The minimum atomic E-state index is -0.752. The first-order valence-corrected chi connectivity index (χ1v) is 4.87. The molecule has 0 amide bonds. The Morgan fingerprint density at radius 3 is 2.46 bits per heavy atom. The number of hydrogen-bond acceptors (Lipinski definition) is 3. The maximum absolute atomic E-state index is 10.9. The van der Waals surface area contributed by atoms with Crippen LogP contribution in [0.4, 0.5) is 0 Å². The van der Waals surface area contributed by atoms with Crippen LogP contribution in [0, 0.1) is 0 Å². The van der Waals surface area contributed by atoms with Crippen molar-refractivity contribution in [3.63, 3.8) is 0 Å². The lowest BCUT2D eigenvalue weighted by atomic mass is 9.85. The zero-order valence-electron chi connectivity index (χ0n) is 8.38. The summed E-state index contributed by atoms with van der Waals surface area (Å²) in [6, 6.07) is 0. The lowest BCUT2D eigenvalue weighted by molar-refractivity contribution is -0.130. The molecule has 0 aromatic heterocycles. The predicted molar refractivity (Wildman–Crippen MR) is 49.5 cm³/mol. The van der Waals surface area contributed by atoms with E-state index in [0.717, 1.165) is 0 Å². The number of ketones is 1. The lowest BCUT2D eigenvalue weighted by Crippen LogP contribution is -2.39. The molecule has 1 N–H and O–H groups in total. The van der Waals surface area contributed by atoms with Crippen LogP contribution in [-0.2, 0) is 9.53 Å². The average molecular weight is 186 g/mol. The molecular formula is C10H18O3. The van der Waals surface area contributed by atoms with Crippen molar-refractivity contribution >= 4 is 5.78 Å². The fraction of sp³-hybridized carbons (Fsp3) is 0.900. The fourth-order valence-electron chi connectivity index (χ4n) is 1.46. The van der Waals surface area contributed by atoms with Crippen molar-refractivity contribution < 1.29 is 14.6 Å². The van der Waals surface area contributed by atoms with Gasteiger partial charge in [-0.1, -0.05) is 0 Å². The van der Waals surface area contributed by atoms with E-state index < -0.39 is 5.60 Å². The number of rotatable bonds is 3. The molecule has 0 aromatic rings. The second-order valence-corrected chi connectivity index (χ2v) is 4.12. The van der Waals surface area contributed by atoms with E-state index in [2.05, 4.69) is 0 Å². The molecule has 0 radical (unpaired) electrons. The van der Waals surface area contributed by atoms with Gasteiger partial charge in [0.2, 0.25) is 0 Å². The van der Waals surface area contributed by atoms with E-state index in [0.29, 0.717) is 32.3 Å². The Morgan fingerprint density at radius 2 is 2.00 bits per heavy atom. The van der Waals surface area contributed by atoms with Crippen LogP contribution in [-0.4, -0.2) is 29.2 Å². The lowest BCUT2D eigenvalue weighted by Gasteiger charge is -2.31. The second-order valence-electron chi connectivity index (χ2n) is 4.12. The minimum Gasteiger partial charge on any atom is -0.387 e. The number of Topliss-reactive ketones (excluding diaryl/α,β-unsaturated/α-hetero) is 1. The summed E-state index contributed by atoms with van der Waals surface area (Å²) in [7, 11) is 0. The Morgan fingerprint density at radius 1 is 1.46 bits per heavy atom. The number of carbonyl (C=O) groups is 1. The molecule has 0 spiro atoms. The number of hydrogen-bond donors (Lipinski definition) is 1. The zero-order chi connectivity index (χ0) is 9.90. The number of ether oxygens (including phenoxy) is 1. The van der Waals surface area contributed by atoms with Crippen LogP contribution >= 0.6 is 0 Å². The first-order valence-electron chi connectivity index (χ1n) is 4.87. The van der Waals surface area contributed by atoms with Gasteiger partial charge in [-0.05, 0) is 26.7 Å². The van der Waals surface area contributed by atoms with Gasteiger partial charge < -0.3 is 9.84 Å². The molecule has 1 aliphatic rings. The van der Waals surface area contributed by atoms with Crippen LogP contribution in [0.2, 0.25) is 0 Å². The highest BCUT2D eigenvalue weighted by Gasteiger charge is 2.32. The molecule has 1 rings (SSSR count). The van der Waals surface area contributed by atoms with Crippen LogP contribution in [0.25, 0.3) is 0 Å². The molecule has 1 aliphatic carbocycles. The Hall–Kier alpha value is -0.410. The summed E-state index contributed by atoms with van der Waals surface area (Å²) >= 11 is 0. The average Bonchev–Trinajstić information content (AvgIpc) is 2.08. The standard InChI is InChI=1S/C10H18O3/c1-8(2)13-7-10(12)5-3-9(11)4-6-10/h8,12H,3-7H2,1-2H3. The summed E-state index contributed by atoms with van der Waals surface area (Å²) in [6.07, 6.45) is 2.24. The van der Waals surface area contributed by atoms with Gasteiger partial charge in [0.15, 0.2) is 0 Å². The van der Waals surface area contributed by atoms with E-state index in [9.17, 15) is 9.90 Å². The van der Waals surface area contributed by atoms with Gasteiger partial charge in [0, 0.05) is 12.8 Å². The largest absolute Gasteiger partial charge is 0.387 e. The van der Waals surface area contributed by atoms with Gasteiger partial charge in [-0.25, -0.2) is 0 Å². The summed E-state index contributed by atoms with van der Waals surface area (Å²) in [4.78, 5) is 10.9. The molecule has 0 saturated heterocycles. The van der Waals surface area contributed by atoms with Gasteiger partial charge in [-0.15, -0.1) is 0 Å². The summed E-state index contributed by atoms with van der Waals surface area (Å²) in [5.41, 5.74) is -0.752. The van der Waals surface area contributed by atoms with E-state index in [1.54, 1.807) is 0 Å². The van der Waals surface area contributed by atoms with Crippen molar-refractivity contribution in [3.8, 4) is 0 Å². The van der Waals surface area contributed by atoms with Crippen molar-refractivity contribution in [1.82, 2.24) is 0 Å². The Balaban J connectivity index is 2.34. The Bertz CT molecular complexity index is 177. The summed E-state index contributed by atoms with van der Waals surface area (Å²) in [5, 5.41) is 9.96. The van der Waals surface area contributed by atoms with Crippen LogP contribution in [0.3, 0.4) is 0 Å². The Labute approximate surface area is 79.1 Å². The van der Waals surface area contributed by atoms with E-state index >= 15 is 0 Å². The Kier molecular flexibility index (Phi) is 3.45. The van der Waals surface area contributed by atoms with Crippen LogP contribution in [0.1, 0.15) is 39.5 Å². The van der Waals surface area contributed by atoms with Gasteiger partial charge in [0.05, 0.1) is 18.3 Å². The van der Waals surface area contributed by atoms with Gasteiger partial charge in [0.1, 0.15) is 5.78 Å². The molecule has 0 aliphatic heterocycles. The quantitative estimate of drug-likeness (QED) is 0.722. The summed E-state index contributed by atoms with van der Waals surface area (Å²) in [5.74, 6) is 0.259. The van der Waals surface area contributed by atoms with Gasteiger partial charge in [-0.3, -0.25) is 4.79 Å². The van der Waals surface area contributed by atoms with Gasteiger partial charge in [-0.2, -0.15) is 0 Å². The molecule has 76 valence electrons. The SMILES string of the molecule is CC(C)OCC1(O)CCC(=O)CC1. The molecule has 3 heteroatoms. The number of aliphatic hydroxyl groups is 1. The van der Waals surface area contributed by atoms with E-state index in [1.807, 2.05) is 13.8 Å². The molecular weight excluding hydrogens is 168 g/mol. The fourth-order valence-corrected chi connectivity index (χ4v) is 1.46. The smallest absolute Gasteiger partial charge is 0.133 e. The van der Waals surface area contributed by atoms with Crippen LogP contribution in [0.5, 0.6) is 0 Å².